The Hall–Kier alpha value is -3.74. The second-order valence-electron chi connectivity index (χ2n) is 6.36. The average Bonchev–Trinajstić information content (AvgIpc) is 2.61. The lowest BCUT2D eigenvalue weighted by molar-refractivity contribution is -0.114. The van der Waals surface area contributed by atoms with Gasteiger partial charge in [0.1, 0.15) is 0 Å². The molecule has 142 valence electrons. The van der Waals surface area contributed by atoms with Gasteiger partial charge in [-0.1, -0.05) is 18.2 Å². The summed E-state index contributed by atoms with van der Waals surface area (Å²) in [7, 11) is 0. The first-order chi connectivity index (χ1) is 13.4. The van der Waals surface area contributed by atoms with Crippen molar-refractivity contribution < 1.29 is 9.59 Å². The van der Waals surface area contributed by atoms with Gasteiger partial charge in [-0.3, -0.25) is 9.59 Å². The molecule has 0 radical (unpaired) electrons. The largest absolute Gasteiger partial charge is 0.326 e. The zero-order valence-electron chi connectivity index (χ0n) is 15.9. The molecular formula is C21H21N5O2. The Kier molecular flexibility index (Phi) is 5.64. The van der Waals surface area contributed by atoms with E-state index in [0.29, 0.717) is 28.6 Å². The van der Waals surface area contributed by atoms with Crippen LogP contribution in [0.1, 0.15) is 28.7 Å². The Morgan fingerprint density at radius 3 is 2.14 bits per heavy atom. The summed E-state index contributed by atoms with van der Waals surface area (Å²) in [5.74, 6) is -0.0238. The number of hydrogen-bond acceptors (Lipinski definition) is 5. The number of anilines is 4. The van der Waals surface area contributed by atoms with Gasteiger partial charge in [-0.25, -0.2) is 9.97 Å². The van der Waals surface area contributed by atoms with E-state index in [4.69, 9.17) is 0 Å². The number of carbonyl (C=O) groups is 2. The number of rotatable bonds is 5. The van der Waals surface area contributed by atoms with Gasteiger partial charge in [-0.05, 0) is 50.2 Å². The van der Waals surface area contributed by atoms with Crippen molar-refractivity contribution in [2.45, 2.75) is 20.8 Å². The van der Waals surface area contributed by atoms with Crippen LogP contribution < -0.4 is 16.0 Å². The topological polar surface area (TPSA) is 96.0 Å². The van der Waals surface area contributed by atoms with E-state index in [1.807, 2.05) is 26.0 Å². The number of nitrogens with zero attached hydrogens (tertiary/aromatic N) is 2. The number of benzene rings is 2. The van der Waals surface area contributed by atoms with Crippen LogP contribution in [0.4, 0.5) is 23.0 Å². The first kappa shape index (κ1) is 19.0. The molecule has 0 saturated carbocycles. The Morgan fingerprint density at radius 2 is 1.46 bits per heavy atom. The molecule has 0 fully saturated rings. The quantitative estimate of drug-likeness (QED) is 0.625. The summed E-state index contributed by atoms with van der Waals surface area (Å²) < 4.78 is 0. The van der Waals surface area contributed by atoms with Crippen molar-refractivity contribution in [1.29, 1.82) is 0 Å². The summed E-state index contributed by atoms with van der Waals surface area (Å²) in [5.41, 5.74) is 3.92. The zero-order valence-corrected chi connectivity index (χ0v) is 15.9. The third-order valence-corrected chi connectivity index (χ3v) is 3.84. The molecule has 0 aliphatic heterocycles. The number of para-hydroxylation sites is 1. The maximum absolute atomic E-state index is 12.8. The molecule has 28 heavy (non-hydrogen) atoms. The van der Waals surface area contributed by atoms with E-state index in [1.54, 1.807) is 42.5 Å². The van der Waals surface area contributed by atoms with Crippen molar-refractivity contribution >= 4 is 34.8 Å². The molecule has 0 spiro atoms. The molecular weight excluding hydrogens is 354 g/mol. The molecule has 7 nitrogen and oxygen atoms in total. The highest BCUT2D eigenvalue weighted by Crippen LogP contribution is 2.22. The fraction of sp³-hybridized carbons (Fsp3) is 0.143. The van der Waals surface area contributed by atoms with Crippen LogP contribution in [-0.2, 0) is 4.79 Å². The van der Waals surface area contributed by atoms with E-state index in [9.17, 15) is 9.59 Å². The second-order valence-corrected chi connectivity index (χ2v) is 6.36. The normalized spacial score (nSPS) is 10.2. The standard InChI is InChI=1S/C21H21N5O2/c1-13-11-14(2)23-21(22-13)26-19-10-5-4-9-18(19)20(28)25-17-8-6-7-16(12-17)24-15(3)27/h4-12H,1-3H3,(H,24,27)(H,25,28)(H,22,23,26). The van der Waals surface area contributed by atoms with Gasteiger partial charge in [0, 0.05) is 29.7 Å². The lowest BCUT2D eigenvalue weighted by atomic mass is 10.1. The van der Waals surface area contributed by atoms with Gasteiger partial charge in [-0.15, -0.1) is 0 Å². The number of aryl methyl sites for hydroxylation is 2. The number of amides is 2. The molecule has 0 atom stereocenters. The Bertz CT molecular complexity index is 1010. The molecule has 7 heteroatoms. The fourth-order valence-corrected chi connectivity index (χ4v) is 2.77. The molecule has 0 unspecified atom stereocenters. The number of nitrogens with one attached hydrogen (secondary N) is 3. The molecule has 3 N–H and O–H groups in total. The van der Waals surface area contributed by atoms with Crippen LogP contribution in [-0.4, -0.2) is 21.8 Å². The van der Waals surface area contributed by atoms with Gasteiger partial charge in [0.25, 0.3) is 5.91 Å². The van der Waals surface area contributed by atoms with Crippen LogP contribution in [0.3, 0.4) is 0 Å². The van der Waals surface area contributed by atoms with Gasteiger partial charge in [0.2, 0.25) is 11.9 Å². The monoisotopic (exact) mass is 375 g/mol. The molecule has 0 aliphatic rings. The van der Waals surface area contributed by atoms with E-state index in [-0.39, 0.29) is 11.8 Å². The van der Waals surface area contributed by atoms with Crippen LogP contribution in [0.15, 0.2) is 54.6 Å². The van der Waals surface area contributed by atoms with Crippen molar-refractivity contribution in [1.82, 2.24) is 9.97 Å². The average molecular weight is 375 g/mol. The predicted octanol–water partition coefficient (Wildman–Crippen LogP) is 4.05. The summed E-state index contributed by atoms with van der Waals surface area (Å²) in [6.45, 7) is 5.21. The van der Waals surface area contributed by atoms with Gasteiger partial charge in [-0.2, -0.15) is 0 Å². The summed E-state index contributed by atoms with van der Waals surface area (Å²) >= 11 is 0. The molecule has 2 aromatic carbocycles. The third-order valence-electron chi connectivity index (χ3n) is 3.84. The second kappa shape index (κ2) is 8.30. The SMILES string of the molecule is CC(=O)Nc1cccc(NC(=O)c2ccccc2Nc2nc(C)cc(C)n2)c1. The summed E-state index contributed by atoms with van der Waals surface area (Å²) in [4.78, 5) is 32.7. The van der Waals surface area contributed by atoms with Gasteiger partial charge in [0.05, 0.1) is 11.3 Å². The molecule has 1 aromatic heterocycles. The maximum atomic E-state index is 12.8. The molecule has 3 rings (SSSR count). The highest BCUT2D eigenvalue weighted by atomic mass is 16.2. The van der Waals surface area contributed by atoms with E-state index < -0.39 is 0 Å². The van der Waals surface area contributed by atoms with Crippen LogP contribution in [0, 0.1) is 13.8 Å². The van der Waals surface area contributed by atoms with Crippen molar-refractivity contribution in [3.05, 3.63) is 71.5 Å². The fourth-order valence-electron chi connectivity index (χ4n) is 2.77. The summed E-state index contributed by atoms with van der Waals surface area (Å²) in [6.07, 6.45) is 0. The molecule has 1 heterocycles. The maximum Gasteiger partial charge on any atom is 0.257 e. The smallest absolute Gasteiger partial charge is 0.257 e. The Morgan fingerprint density at radius 1 is 0.821 bits per heavy atom. The molecule has 0 saturated heterocycles. The van der Waals surface area contributed by atoms with E-state index >= 15 is 0 Å². The third kappa shape index (κ3) is 4.91. The minimum Gasteiger partial charge on any atom is -0.326 e. The minimum absolute atomic E-state index is 0.175. The van der Waals surface area contributed by atoms with Crippen molar-refractivity contribution in [3.8, 4) is 0 Å². The van der Waals surface area contributed by atoms with Crippen molar-refractivity contribution in [3.63, 3.8) is 0 Å². The first-order valence-electron chi connectivity index (χ1n) is 8.78. The van der Waals surface area contributed by atoms with Gasteiger partial charge in [0.15, 0.2) is 0 Å². The predicted molar refractivity (Wildman–Crippen MR) is 110 cm³/mol. The first-order valence-corrected chi connectivity index (χ1v) is 8.78. The van der Waals surface area contributed by atoms with Crippen LogP contribution in [0.2, 0.25) is 0 Å². The van der Waals surface area contributed by atoms with Crippen molar-refractivity contribution in [2.75, 3.05) is 16.0 Å². The number of aromatic nitrogens is 2. The highest BCUT2D eigenvalue weighted by Gasteiger charge is 2.13. The van der Waals surface area contributed by atoms with Crippen molar-refractivity contribution in [2.24, 2.45) is 0 Å². The lowest BCUT2D eigenvalue weighted by Gasteiger charge is -2.12. The van der Waals surface area contributed by atoms with Gasteiger partial charge >= 0.3 is 0 Å². The summed E-state index contributed by atoms with van der Waals surface area (Å²) in [5, 5.41) is 8.66. The van der Waals surface area contributed by atoms with Crippen LogP contribution in [0.5, 0.6) is 0 Å². The molecule has 0 bridgehead atoms. The molecule has 3 aromatic rings. The number of carbonyl (C=O) groups excluding carboxylic acids is 2. The minimum atomic E-state index is -0.285. The van der Waals surface area contributed by atoms with E-state index in [0.717, 1.165) is 11.4 Å². The molecule has 0 aliphatic carbocycles. The molecule has 2 amide bonds. The van der Waals surface area contributed by atoms with Crippen LogP contribution >= 0.6 is 0 Å². The van der Waals surface area contributed by atoms with E-state index in [1.165, 1.54) is 6.92 Å². The summed E-state index contributed by atoms with van der Waals surface area (Å²) in [6, 6.07) is 16.0. The van der Waals surface area contributed by atoms with Gasteiger partial charge < -0.3 is 16.0 Å². The zero-order chi connectivity index (χ0) is 20.1. The Labute approximate surface area is 163 Å². The Balaban J connectivity index is 1.82. The van der Waals surface area contributed by atoms with Crippen LogP contribution in [0.25, 0.3) is 0 Å². The lowest BCUT2D eigenvalue weighted by Crippen LogP contribution is -2.15. The number of hydrogen-bond donors (Lipinski definition) is 3. The highest BCUT2D eigenvalue weighted by molar-refractivity contribution is 6.08. The van der Waals surface area contributed by atoms with E-state index in [2.05, 4.69) is 25.9 Å².